The normalized spacial score (nSPS) is 32.0. The van der Waals surface area contributed by atoms with Gasteiger partial charge in [-0.15, -0.1) is 0 Å². The summed E-state index contributed by atoms with van der Waals surface area (Å²) in [6.45, 7) is 5.99. The summed E-state index contributed by atoms with van der Waals surface area (Å²) in [5.41, 5.74) is 0.520. The highest BCUT2D eigenvalue weighted by Crippen LogP contribution is 2.53. The van der Waals surface area contributed by atoms with Gasteiger partial charge in [0.1, 0.15) is 0 Å². The number of methoxy groups -OCH3 is 2. The van der Waals surface area contributed by atoms with E-state index in [2.05, 4.69) is 0 Å². The van der Waals surface area contributed by atoms with Gasteiger partial charge < -0.3 is 9.47 Å². The van der Waals surface area contributed by atoms with Crippen molar-refractivity contribution in [3.63, 3.8) is 0 Å². The van der Waals surface area contributed by atoms with Crippen molar-refractivity contribution in [1.82, 2.24) is 10.0 Å². The number of nitrogens with zero attached hydrogens (tertiary/aromatic N) is 2. The number of hydrazine groups is 1. The van der Waals surface area contributed by atoms with Crippen LogP contribution >= 0.6 is 0 Å². The summed E-state index contributed by atoms with van der Waals surface area (Å²) in [5.74, 6) is -0.288. The summed E-state index contributed by atoms with van der Waals surface area (Å²) in [5, 5.41) is 2.57. The number of Topliss-reactive ketones (excluding diaryl/α,β-unsaturated/α-hetero) is 1. The molecule has 0 aromatic heterocycles. The lowest BCUT2D eigenvalue weighted by atomic mass is 9.83. The predicted octanol–water partition coefficient (Wildman–Crippen LogP) is 1.98. The van der Waals surface area contributed by atoms with E-state index in [1.165, 1.54) is 24.2 Å². The van der Waals surface area contributed by atoms with Crippen LogP contribution in [-0.4, -0.2) is 54.3 Å². The lowest BCUT2D eigenvalue weighted by Crippen LogP contribution is -2.58. The molecule has 1 saturated heterocycles. The number of amides is 2. The second kappa shape index (κ2) is 4.97. The zero-order valence-corrected chi connectivity index (χ0v) is 14.0. The highest BCUT2D eigenvalue weighted by molar-refractivity contribution is 6.02. The Hall–Kier alpha value is -2.05. The van der Waals surface area contributed by atoms with Gasteiger partial charge in [0.05, 0.1) is 32.2 Å². The van der Waals surface area contributed by atoms with Crippen LogP contribution in [0.25, 0.3) is 0 Å². The number of ketones is 1. The van der Waals surface area contributed by atoms with Crippen molar-refractivity contribution in [3.8, 4) is 0 Å². The fourth-order valence-corrected chi connectivity index (χ4v) is 4.15. The molecule has 1 aliphatic heterocycles. The topological polar surface area (TPSA) is 76.2 Å². The molecule has 2 aliphatic carbocycles. The average molecular weight is 322 g/mol. The standard InChI is InChI=1S/C16H22N2O5/c1-16(2,3)9-6-8-10-7-11(12(8)13(9)19)18(15(21)23-5)17(10)14(20)22-4/h6,8,10-12H,7H2,1-5H3/t8-,10+,11-,12-/m1/s1. The van der Waals surface area contributed by atoms with Gasteiger partial charge in [0, 0.05) is 5.92 Å². The molecule has 1 saturated carbocycles. The van der Waals surface area contributed by atoms with E-state index in [9.17, 15) is 14.4 Å². The van der Waals surface area contributed by atoms with E-state index in [4.69, 9.17) is 9.47 Å². The summed E-state index contributed by atoms with van der Waals surface area (Å²) in [6, 6.07) is -0.611. The second-order valence-electron chi connectivity index (χ2n) is 7.30. The Labute approximate surface area is 135 Å². The van der Waals surface area contributed by atoms with Crippen LogP contribution in [0.3, 0.4) is 0 Å². The van der Waals surface area contributed by atoms with Crippen molar-refractivity contribution in [2.75, 3.05) is 14.2 Å². The summed E-state index contributed by atoms with van der Waals surface area (Å²) < 4.78 is 9.61. The third-order valence-corrected chi connectivity index (χ3v) is 5.08. The SMILES string of the molecule is COC(=O)N1[C@@H]2C[C@@H]([C@H]3C=C(C(C)(C)C)C(=O)[C@H]32)N1C(=O)OC. The number of ether oxygens (including phenoxy) is 2. The molecule has 3 rings (SSSR count). The molecule has 0 spiro atoms. The molecule has 0 radical (unpaired) electrons. The van der Waals surface area contributed by atoms with Crippen molar-refractivity contribution in [2.24, 2.45) is 17.3 Å². The Bertz CT molecular complexity index is 606. The van der Waals surface area contributed by atoms with Crippen molar-refractivity contribution in [1.29, 1.82) is 0 Å². The molecule has 4 atom stereocenters. The van der Waals surface area contributed by atoms with Gasteiger partial charge in [0.2, 0.25) is 0 Å². The highest BCUT2D eigenvalue weighted by atomic mass is 16.6. The maximum Gasteiger partial charge on any atom is 0.428 e. The van der Waals surface area contributed by atoms with E-state index in [0.29, 0.717) is 6.42 Å². The molecule has 0 unspecified atom stereocenters. The highest BCUT2D eigenvalue weighted by Gasteiger charge is 2.64. The third kappa shape index (κ3) is 2.05. The maximum atomic E-state index is 12.8. The van der Waals surface area contributed by atoms with Gasteiger partial charge in [-0.3, -0.25) is 4.79 Å². The average Bonchev–Trinajstić information content (AvgIpc) is 3.13. The van der Waals surface area contributed by atoms with E-state index in [-0.39, 0.29) is 35.1 Å². The fraction of sp³-hybridized carbons (Fsp3) is 0.688. The Balaban J connectivity index is 2.00. The number of carbonyl (C=O) groups excluding carboxylic acids is 3. The second-order valence-corrected chi connectivity index (χ2v) is 7.30. The minimum absolute atomic E-state index is 0.0678. The molecule has 0 aromatic carbocycles. The molecule has 126 valence electrons. The van der Waals surface area contributed by atoms with Crippen LogP contribution in [0.15, 0.2) is 11.6 Å². The largest absolute Gasteiger partial charge is 0.452 e. The molecule has 2 bridgehead atoms. The number of rotatable bonds is 0. The van der Waals surface area contributed by atoms with Gasteiger partial charge in [-0.2, -0.15) is 0 Å². The molecule has 7 nitrogen and oxygen atoms in total. The number of fused-ring (bicyclic) bond motifs is 5. The van der Waals surface area contributed by atoms with Gasteiger partial charge in [-0.25, -0.2) is 19.6 Å². The summed E-state index contributed by atoms with van der Waals surface area (Å²) in [6.07, 6.45) is 1.31. The van der Waals surface area contributed by atoms with Crippen LogP contribution in [-0.2, 0) is 14.3 Å². The van der Waals surface area contributed by atoms with E-state index in [0.717, 1.165) is 5.57 Å². The van der Waals surface area contributed by atoms with Gasteiger partial charge in [0.25, 0.3) is 0 Å². The lowest BCUT2D eigenvalue weighted by Gasteiger charge is -2.40. The molecule has 2 fully saturated rings. The lowest BCUT2D eigenvalue weighted by molar-refractivity contribution is -0.126. The van der Waals surface area contributed by atoms with E-state index in [1.807, 2.05) is 26.8 Å². The van der Waals surface area contributed by atoms with Crippen LogP contribution in [0, 0.1) is 17.3 Å². The van der Waals surface area contributed by atoms with E-state index in [1.54, 1.807) is 0 Å². The first kappa shape index (κ1) is 15.8. The van der Waals surface area contributed by atoms with Crippen molar-refractivity contribution in [3.05, 3.63) is 11.6 Å². The molecule has 3 aliphatic rings. The molecule has 7 heteroatoms. The van der Waals surface area contributed by atoms with Crippen LogP contribution < -0.4 is 0 Å². The fourth-order valence-electron chi connectivity index (χ4n) is 4.15. The van der Waals surface area contributed by atoms with Gasteiger partial charge in [0.15, 0.2) is 5.78 Å². The summed E-state index contributed by atoms with van der Waals surface area (Å²) in [4.78, 5) is 37.1. The van der Waals surface area contributed by atoms with Gasteiger partial charge in [-0.05, 0) is 17.4 Å². The summed E-state index contributed by atoms with van der Waals surface area (Å²) >= 11 is 0. The maximum absolute atomic E-state index is 12.8. The molecular formula is C16H22N2O5. The van der Waals surface area contributed by atoms with Crippen LogP contribution in [0.1, 0.15) is 27.2 Å². The van der Waals surface area contributed by atoms with Crippen molar-refractivity contribution >= 4 is 18.0 Å². The van der Waals surface area contributed by atoms with Crippen molar-refractivity contribution < 1.29 is 23.9 Å². The molecule has 23 heavy (non-hydrogen) atoms. The third-order valence-electron chi connectivity index (χ3n) is 5.08. The van der Waals surface area contributed by atoms with E-state index < -0.39 is 12.2 Å². The number of hydrogen-bond donors (Lipinski definition) is 0. The zero-order chi connectivity index (χ0) is 17.1. The van der Waals surface area contributed by atoms with Crippen molar-refractivity contribution in [2.45, 2.75) is 39.3 Å². The number of hydrogen-bond acceptors (Lipinski definition) is 5. The Kier molecular flexibility index (Phi) is 3.42. The minimum Gasteiger partial charge on any atom is -0.452 e. The molecule has 0 N–H and O–H groups in total. The number of allylic oxidation sites excluding steroid dienone is 1. The van der Waals surface area contributed by atoms with Crippen LogP contribution in [0.2, 0.25) is 0 Å². The first-order valence-electron chi connectivity index (χ1n) is 7.73. The Morgan fingerprint density at radius 3 is 2.09 bits per heavy atom. The van der Waals surface area contributed by atoms with Crippen LogP contribution in [0.5, 0.6) is 0 Å². The van der Waals surface area contributed by atoms with Gasteiger partial charge in [-0.1, -0.05) is 26.8 Å². The van der Waals surface area contributed by atoms with Gasteiger partial charge >= 0.3 is 12.2 Å². The Morgan fingerprint density at radius 2 is 1.61 bits per heavy atom. The quantitative estimate of drug-likeness (QED) is 0.681. The smallest absolute Gasteiger partial charge is 0.428 e. The van der Waals surface area contributed by atoms with Crippen LogP contribution in [0.4, 0.5) is 9.59 Å². The predicted molar refractivity (Wildman–Crippen MR) is 80.2 cm³/mol. The molecule has 1 heterocycles. The first-order valence-corrected chi connectivity index (χ1v) is 7.73. The first-order chi connectivity index (χ1) is 10.7. The molecule has 0 aromatic rings. The Morgan fingerprint density at radius 1 is 1.09 bits per heavy atom. The minimum atomic E-state index is -0.640. The van der Waals surface area contributed by atoms with E-state index >= 15 is 0 Å². The summed E-state index contributed by atoms with van der Waals surface area (Å²) in [7, 11) is 2.54. The molecular weight excluding hydrogens is 300 g/mol. The molecule has 2 amide bonds. The monoisotopic (exact) mass is 322 g/mol. The number of carbonyl (C=O) groups is 3. The zero-order valence-electron chi connectivity index (χ0n) is 14.0.